The average molecular weight is 255 g/mol. The lowest BCUT2D eigenvalue weighted by Crippen LogP contribution is -2.36. The van der Waals surface area contributed by atoms with Gasteiger partial charge in [0.05, 0.1) is 5.92 Å². The fourth-order valence-corrected chi connectivity index (χ4v) is 4.06. The SMILES string of the molecule is Cc1ccc(N2C(=O)C3C4C=CC(C4)C3C2O)cc1. The van der Waals surface area contributed by atoms with Crippen LogP contribution in [0.5, 0.6) is 0 Å². The predicted octanol–water partition coefficient (Wildman–Crippen LogP) is 2.10. The monoisotopic (exact) mass is 255 g/mol. The molecule has 2 fully saturated rings. The lowest BCUT2D eigenvalue weighted by molar-refractivity contribution is -0.121. The fourth-order valence-electron chi connectivity index (χ4n) is 4.06. The summed E-state index contributed by atoms with van der Waals surface area (Å²) in [4.78, 5) is 14.2. The van der Waals surface area contributed by atoms with E-state index in [1.54, 1.807) is 4.90 Å². The third-order valence-corrected chi connectivity index (χ3v) is 4.96. The molecule has 1 aromatic rings. The van der Waals surface area contributed by atoms with Gasteiger partial charge in [0, 0.05) is 11.6 Å². The van der Waals surface area contributed by atoms with Crippen LogP contribution in [-0.2, 0) is 4.79 Å². The Kier molecular flexibility index (Phi) is 2.19. The third kappa shape index (κ3) is 1.39. The number of aliphatic hydroxyl groups is 1. The molecular formula is C16H17NO2. The Balaban J connectivity index is 1.72. The molecule has 3 heteroatoms. The minimum absolute atomic E-state index is 0.00805. The maximum absolute atomic E-state index is 12.6. The number of anilines is 1. The molecule has 0 aromatic heterocycles. The molecule has 0 radical (unpaired) electrons. The summed E-state index contributed by atoms with van der Waals surface area (Å²) in [5.74, 6) is 0.894. The van der Waals surface area contributed by atoms with Crippen LogP contribution in [0.15, 0.2) is 36.4 Å². The normalized spacial score (nSPS) is 39.2. The Bertz CT molecular complexity index is 563. The molecule has 98 valence electrons. The first-order chi connectivity index (χ1) is 9.16. The molecule has 3 nitrogen and oxygen atoms in total. The predicted molar refractivity (Wildman–Crippen MR) is 72.4 cm³/mol. The van der Waals surface area contributed by atoms with Crippen molar-refractivity contribution in [3.05, 3.63) is 42.0 Å². The van der Waals surface area contributed by atoms with Crippen LogP contribution in [0.1, 0.15) is 12.0 Å². The zero-order chi connectivity index (χ0) is 13.1. The number of amides is 1. The highest BCUT2D eigenvalue weighted by atomic mass is 16.3. The Hall–Kier alpha value is -1.61. The number of fused-ring (bicyclic) bond motifs is 5. The number of aryl methyl sites for hydroxylation is 1. The number of carbonyl (C=O) groups excluding carboxylic acids is 1. The zero-order valence-electron chi connectivity index (χ0n) is 10.9. The van der Waals surface area contributed by atoms with Crippen LogP contribution in [0.4, 0.5) is 5.69 Å². The molecule has 1 N–H and O–H groups in total. The molecule has 1 saturated heterocycles. The van der Waals surface area contributed by atoms with Gasteiger partial charge in [-0.15, -0.1) is 0 Å². The number of hydrogen-bond donors (Lipinski definition) is 1. The molecule has 5 atom stereocenters. The number of aliphatic hydroxyl groups excluding tert-OH is 1. The van der Waals surface area contributed by atoms with Crippen molar-refractivity contribution < 1.29 is 9.90 Å². The first-order valence-corrected chi connectivity index (χ1v) is 6.93. The van der Waals surface area contributed by atoms with Gasteiger partial charge in [-0.05, 0) is 37.3 Å². The van der Waals surface area contributed by atoms with Crippen molar-refractivity contribution in [3.63, 3.8) is 0 Å². The number of nitrogens with zero attached hydrogens (tertiary/aromatic N) is 1. The summed E-state index contributed by atoms with van der Waals surface area (Å²) < 4.78 is 0. The molecule has 0 spiro atoms. The van der Waals surface area contributed by atoms with Crippen molar-refractivity contribution in [2.24, 2.45) is 23.7 Å². The van der Waals surface area contributed by atoms with E-state index in [0.29, 0.717) is 11.8 Å². The van der Waals surface area contributed by atoms with Crippen LogP contribution in [0.25, 0.3) is 0 Å². The smallest absolute Gasteiger partial charge is 0.233 e. The average Bonchev–Trinajstić information content (AvgIpc) is 3.06. The molecule has 1 saturated carbocycles. The number of hydrogen-bond acceptors (Lipinski definition) is 2. The molecule has 2 aliphatic carbocycles. The van der Waals surface area contributed by atoms with E-state index in [1.807, 2.05) is 31.2 Å². The van der Waals surface area contributed by atoms with Crippen molar-refractivity contribution in [1.29, 1.82) is 0 Å². The van der Waals surface area contributed by atoms with E-state index < -0.39 is 6.23 Å². The van der Waals surface area contributed by atoms with Gasteiger partial charge < -0.3 is 5.11 Å². The zero-order valence-corrected chi connectivity index (χ0v) is 10.9. The van der Waals surface area contributed by atoms with E-state index in [9.17, 15) is 9.90 Å². The molecule has 5 unspecified atom stereocenters. The van der Waals surface area contributed by atoms with Gasteiger partial charge in [-0.25, -0.2) is 0 Å². The van der Waals surface area contributed by atoms with E-state index in [4.69, 9.17) is 0 Å². The molecule has 1 aromatic carbocycles. The van der Waals surface area contributed by atoms with Crippen molar-refractivity contribution in [1.82, 2.24) is 0 Å². The summed E-state index contributed by atoms with van der Waals surface area (Å²) in [7, 11) is 0. The van der Waals surface area contributed by atoms with Gasteiger partial charge in [0.15, 0.2) is 0 Å². The van der Waals surface area contributed by atoms with Crippen LogP contribution in [-0.4, -0.2) is 17.2 Å². The number of rotatable bonds is 1. The molecule has 1 heterocycles. The number of allylic oxidation sites excluding steroid dienone is 2. The maximum Gasteiger partial charge on any atom is 0.233 e. The van der Waals surface area contributed by atoms with Crippen LogP contribution >= 0.6 is 0 Å². The van der Waals surface area contributed by atoms with Gasteiger partial charge in [0.25, 0.3) is 0 Å². The topological polar surface area (TPSA) is 40.5 Å². The minimum atomic E-state index is -0.667. The third-order valence-electron chi connectivity index (χ3n) is 4.96. The van der Waals surface area contributed by atoms with E-state index in [0.717, 1.165) is 17.7 Å². The fraction of sp³-hybridized carbons (Fsp3) is 0.438. The first-order valence-electron chi connectivity index (χ1n) is 6.93. The van der Waals surface area contributed by atoms with Gasteiger partial charge in [0.1, 0.15) is 6.23 Å². The molecule has 2 bridgehead atoms. The summed E-state index contributed by atoms with van der Waals surface area (Å²) >= 11 is 0. The van der Waals surface area contributed by atoms with Gasteiger partial charge in [-0.3, -0.25) is 9.69 Å². The van der Waals surface area contributed by atoms with Gasteiger partial charge in [-0.1, -0.05) is 29.8 Å². The van der Waals surface area contributed by atoms with Crippen LogP contribution in [0.2, 0.25) is 0 Å². The minimum Gasteiger partial charge on any atom is -0.373 e. The Morgan fingerprint density at radius 2 is 1.84 bits per heavy atom. The van der Waals surface area contributed by atoms with Crippen LogP contribution < -0.4 is 4.90 Å². The van der Waals surface area contributed by atoms with Crippen molar-refractivity contribution >= 4 is 11.6 Å². The lowest BCUT2D eigenvalue weighted by Gasteiger charge is -2.25. The van der Waals surface area contributed by atoms with E-state index in [1.165, 1.54) is 0 Å². The van der Waals surface area contributed by atoms with Crippen LogP contribution in [0, 0.1) is 30.6 Å². The molecule has 19 heavy (non-hydrogen) atoms. The number of benzene rings is 1. The van der Waals surface area contributed by atoms with Gasteiger partial charge in [-0.2, -0.15) is 0 Å². The summed E-state index contributed by atoms with van der Waals surface area (Å²) in [5, 5.41) is 10.5. The van der Waals surface area contributed by atoms with Crippen molar-refractivity contribution in [2.75, 3.05) is 4.90 Å². The van der Waals surface area contributed by atoms with E-state index in [2.05, 4.69) is 12.2 Å². The Morgan fingerprint density at radius 3 is 2.53 bits per heavy atom. The summed E-state index contributed by atoms with van der Waals surface area (Å²) in [5.41, 5.74) is 1.98. The van der Waals surface area contributed by atoms with Crippen molar-refractivity contribution in [2.45, 2.75) is 19.6 Å². The Morgan fingerprint density at radius 1 is 1.16 bits per heavy atom. The standard InChI is InChI=1S/C16H17NO2/c1-9-2-6-12(7-3-9)17-15(18)13-10-4-5-11(8-10)14(13)16(17)19/h2-7,10-11,13-15,18H,8H2,1H3. The highest BCUT2D eigenvalue weighted by molar-refractivity contribution is 5.99. The quantitative estimate of drug-likeness (QED) is 0.781. The highest BCUT2D eigenvalue weighted by Gasteiger charge is 2.59. The molecule has 1 aliphatic heterocycles. The molecular weight excluding hydrogens is 238 g/mol. The van der Waals surface area contributed by atoms with Crippen molar-refractivity contribution in [3.8, 4) is 0 Å². The molecule has 4 rings (SSSR count). The summed E-state index contributed by atoms with van der Waals surface area (Å²) in [6, 6.07) is 7.81. The largest absolute Gasteiger partial charge is 0.373 e. The first kappa shape index (κ1) is 11.2. The second-order valence-corrected chi connectivity index (χ2v) is 6.01. The maximum atomic E-state index is 12.6. The molecule has 1 amide bonds. The lowest BCUT2D eigenvalue weighted by atomic mass is 9.85. The van der Waals surface area contributed by atoms with Gasteiger partial charge in [0.2, 0.25) is 5.91 Å². The second-order valence-electron chi connectivity index (χ2n) is 6.01. The van der Waals surface area contributed by atoms with Crippen LogP contribution in [0.3, 0.4) is 0 Å². The summed E-state index contributed by atoms with van der Waals surface area (Å²) in [6.45, 7) is 2.02. The molecule has 3 aliphatic rings. The van der Waals surface area contributed by atoms with Gasteiger partial charge >= 0.3 is 0 Å². The summed E-state index contributed by atoms with van der Waals surface area (Å²) in [6.07, 6.45) is 4.72. The number of carbonyl (C=O) groups is 1. The van der Waals surface area contributed by atoms with E-state index in [-0.39, 0.29) is 17.7 Å². The highest BCUT2D eigenvalue weighted by Crippen LogP contribution is 2.54. The second kappa shape index (κ2) is 3.70. The van der Waals surface area contributed by atoms with E-state index >= 15 is 0 Å². The Labute approximate surface area is 112 Å².